The van der Waals surface area contributed by atoms with Crippen molar-refractivity contribution in [2.45, 2.75) is 27.7 Å². The van der Waals surface area contributed by atoms with Crippen molar-refractivity contribution in [2.75, 3.05) is 0 Å². The molecule has 2 N–H and O–H groups in total. The summed E-state index contributed by atoms with van der Waals surface area (Å²) in [4.78, 5) is 10.9. The van der Waals surface area contributed by atoms with Crippen molar-refractivity contribution in [1.29, 1.82) is 0 Å². The molecule has 0 heterocycles. The molecular formula is C9H15NO. The second-order valence-electron chi connectivity index (χ2n) is 3.97. The molecule has 1 aliphatic carbocycles. The van der Waals surface area contributed by atoms with Crippen molar-refractivity contribution in [3.63, 3.8) is 0 Å². The van der Waals surface area contributed by atoms with E-state index in [1.54, 1.807) is 0 Å². The largest absolute Gasteiger partial charge is 0.369 e. The van der Waals surface area contributed by atoms with Crippen LogP contribution in [0.1, 0.15) is 27.7 Å². The highest BCUT2D eigenvalue weighted by molar-refractivity contribution is 5.87. The smallest absolute Gasteiger partial charge is 0.225 e. The lowest BCUT2D eigenvalue weighted by Gasteiger charge is -1.95. The van der Waals surface area contributed by atoms with Crippen molar-refractivity contribution in [2.24, 2.45) is 17.1 Å². The normalized spacial score (nSPS) is 26.5. The molecule has 0 aromatic carbocycles. The number of allylic oxidation sites excluding steroid dienone is 1. The molecule has 1 unspecified atom stereocenters. The molecule has 2 heteroatoms. The monoisotopic (exact) mass is 153 g/mol. The molecule has 0 saturated heterocycles. The van der Waals surface area contributed by atoms with Gasteiger partial charge in [-0.1, -0.05) is 25.0 Å². The molecule has 62 valence electrons. The summed E-state index contributed by atoms with van der Waals surface area (Å²) in [6.07, 6.45) is 0. The molecule has 1 fully saturated rings. The Morgan fingerprint density at radius 2 is 1.91 bits per heavy atom. The molecule has 0 spiro atoms. The van der Waals surface area contributed by atoms with E-state index in [2.05, 4.69) is 13.8 Å². The van der Waals surface area contributed by atoms with Crippen LogP contribution < -0.4 is 5.73 Å². The van der Waals surface area contributed by atoms with E-state index >= 15 is 0 Å². The van der Waals surface area contributed by atoms with Crippen molar-refractivity contribution in [3.8, 4) is 0 Å². The number of hydrogen-bond acceptors (Lipinski definition) is 1. The highest BCUT2D eigenvalue weighted by atomic mass is 16.1. The molecule has 0 aromatic heterocycles. The van der Waals surface area contributed by atoms with Crippen LogP contribution >= 0.6 is 0 Å². The second kappa shape index (κ2) is 2.10. The van der Waals surface area contributed by atoms with E-state index in [9.17, 15) is 4.79 Å². The first-order valence-electron chi connectivity index (χ1n) is 3.86. The molecule has 1 saturated carbocycles. The topological polar surface area (TPSA) is 43.1 Å². The Morgan fingerprint density at radius 1 is 1.45 bits per heavy atom. The van der Waals surface area contributed by atoms with Crippen molar-refractivity contribution < 1.29 is 4.79 Å². The van der Waals surface area contributed by atoms with Crippen molar-refractivity contribution >= 4 is 5.91 Å². The van der Waals surface area contributed by atoms with Crippen LogP contribution in [0.25, 0.3) is 0 Å². The summed E-state index contributed by atoms with van der Waals surface area (Å²) in [6.45, 7) is 8.18. The van der Waals surface area contributed by atoms with Gasteiger partial charge in [-0.05, 0) is 13.8 Å². The van der Waals surface area contributed by atoms with Crippen LogP contribution in [0.3, 0.4) is 0 Å². The lowest BCUT2D eigenvalue weighted by atomic mass is 10.1. The Hall–Kier alpha value is -0.790. The van der Waals surface area contributed by atoms with Gasteiger partial charge in [0.25, 0.3) is 0 Å². The van der Waals surface area contributed by atoms with Gasteiger partial charge in [0.1, 0.15) is 0 Å². The molecule has 1 amide bonds. The Balaban J connectivity index is 2.94. The van der Waals surface area contributed by atoms with E-state index in [1.165, 1.54) is 11.1 Å². The van der Waals surface area contributed by atoms with E-state index in [1.807, 2.05) is 13.8 Å². The number of carbonyl (C=O) groups is 1. The number of carbonyl (C=O) groups excluding carboxylic acids is 1. The van der Waals surface area contributed by atoms with Gasteiger partial charge in [0.15, 0.2) is 0 Å². The fourth-order valence-electron chi connectivity index (χ4n) is 1.98. The Morgan fingerprint density at radius 3 is 2.00 bits per heavy atom. The van der Waals surface area contributed by atoms with Crippen LogP contribution in [0.4, 0.5) is 0 Å². The average molecular weight is 153 g/mol. The third kappa shape index (κ3) is 1.06. The first-order chi connectivity index (χ1) is 4.89. The zero-order valence-corrected chi connectivity index (χ0v) is 7.56. The SMILES string of the molecule is CC(C)=C1C(C(N)=O)C1(C)C. The number of rotatable bonds is 1. The van der Waals surface area contributed by atoms with Gasteiger partial charge in [-0.25, -0.2) is 0 Å². The summed E-state index contributed by atoms with van der Waals surface area (Å²) in [5, 5.41) is 0. The molecule has 1 atom stereocenters. The van der Waals surface area contributed by atoms with Crippen LogP contribution in [0.5, 0.6) is 0 Å². The molecule has 0 radical (unpaired) electrons. The van der Waals surface area contributed by atoms with Gasteiger partial charge in [0, 0.05) is 5.41 Å². The zero-order valence-electron chi connectivity index (χ0n) is 7.56. The minimum absolute atomic E-state index is 0.00694. The second-order valence-corrected chi connectivity index (χ2v) is 3.97. The Kier molecular flexibility index (Phi) is 1.58. The van der Waals surface area contributed by atoms with Gasteiger partial charge in [-0.2, -0.15) is 0 Å². The van der Waals surface area contributed by atoms with E-state index < -0.39 is 0 Å². The predicted octanol–water partition coefficient (Wildman–Crippen LogP) is 1.46. The van der Waals surface area contributed by atoms with Gasteiger partial charge < -0.3 is 5.73 Å². The van der Waals surface area contributed by atoms with Gasteiger partial charge in [0.2, 0.25) is 5.91 Å². The van der Waals surface area contributed by atoms with Crippen LogP contribution in [-0.2, 0) is 4.79 Å². The standard InChI is InChI=1S/C9H15NO/c1-5(2)6-7(8(10)11)9(6,3)4/h7H,1-4H3,(H2,10,11). The molecule has 11 heavy (non-hydrogen) atoms. The summed E-state index contributed by atoms with van der Waals surface area (Å²) in [6, 6.07) is 0. The fourth-order valence-corrected chi connectivity index (χ4v) is 1.98. The average Bonchev–Trinajstić information content (AvgIpc) is 2.33. The highest BCUT2D eigenvalue weighted by Crippen LogP contribution is 2.58. The Bertz CT molecular complexity index is 234. The summed E-state index contributed by atoms with van der Waals surface area (Å²) >= 11 is 0. The first kappa shape index (κ1) is 8.31. The number of hydrogen-bond donors (Lipinski definition) is 1. The minimum Gasteiger partial charge on any atom is -0.369 e. The van der Waals surface area contributed by atoms with Crippen LogP contribution in [0, 0.1) is 11.3 Å². The lowest BCUT2D eigenvalue weighted by Crippen LogP contribution is -2.15. The quantitative estimate of drug-likeness (QED) is 0.569. The maximum atomic E-state index is 10.9. The predicted molar refractivity (Wildman–Crippen MR) is 44.8 cm³/mol. The van der Waals surface area contributed by atoms with Crippen LogP contribution in [0.2, 0.25) is 0 Å². The van der Waals surface area contributed by atoms with Crippen LogP contribution in [0.15, 0.2) is 11.1 Å². The van der Waals surface area contributed by atoms with E-state index in [0.29, 0.717) is 0 Å². The number of amides is 1. The maximum absolute atomic E-state index is 10.9. The summed E-state index contributed by atoms with van der Waals surface area (Å²) in [7, 11) is 0. The minimum atomic E-state index is -0.189. The van der Waals surface area contributed by atoms with Crippen molar-refractivity contribution in [1.82, 2.24) is 0 Å². The van der Waals surface area contributed by atoms with E-state index in [0.717, 1.165) is 0 Å². The number of primary amides is 1. The molecule has 1 aliphatic rings. The first-order valence-corrected chi connectivity index (χ1v) is 3.86. The maximum Gasteiger partial charge on any atom is 0.225 e. The summed E-state index contributed by atoms with van der Waals surface area (Å²) in [5.41, 5.74) is 7.72. The third-order valence-corrected chi connectivity index (χ3v) is 2.44. The summed E-state index contributed by atoms with van der Waals surface area (Å²) < 4.78 is 0. The molecule has 0 aromatic rings. The number of nitrogens with two attached hydrogens (primary N) is 1. The van der Waals surface area contributed by atoms with E-state index in [4.69, 9.17) is 5.73 Å². The Labute approximate surface area is 67.5 Å². The molecule has 2 nitrogen and oxygen atoms in total. The fraction of sp³-hybridized carbons (Fsp3) is 0.667. The molecule has 0 bridgehead atoms. The highest BCUT2D eigenvalue weighted by Gasteiger charge is 2.56. The zero-order chi connectivity index (χ0) is 8.81. The van der Waals surface area contributed by atoms with Crippen LogP contribution in [-0.4, -0.2) is 5.91 Å². The molecular weight excluding hydrogens is 138 g/mol. The van der Waals surface area contributed by atoms with Gasteiger partial charge >= 0.3 is 0 Å². The molecule has 0 aliphatic heterocycles. The lowest BCUT2D eigenvalue weighted by molar-refractivity contribution is -0.119. The third-order valence-electron chi connectivity index (χ3n) is 2.44. The summed E-state index contributed by atoms with van der Waals surface area (Å²) in [5.74, 6) is -0.196. The van der Waals surface area contributed by atoms with Gasteiger partial charge in [0.05, 0.1) is 5.92 Å². The van der Waals surface area contributed by atoms with Gasteiger partial charge in [-0.3, -0.25) is 4.79 Å². The van der Waals surface area contributed by atoms with Gasteiger partial charge in [-0.15, -0.1) is 0 Å². The van der Waals surface area contributed by atoms with Crippen molar-refractivity contribution in [3.05, 3.63) is 11.1 Å². The molecule has 1 rings (SSSR count). The van der Waals surface area contributed by atoms with E-state index in [-0.39, 0.29) is 17.2 Å².